The summed E-state index contributed by atoms with van der Waals surface area (Å²) in [5.74, 6) is 3.65. The molecular formula is C11H12BrNS. The van der Waals surface area contributed by atoms with E-state index in [-0.39, 0.29) is 0 Å². The van der Waals surface area contributed by atoms with Gasteiger partial charge in [0, 0.05) is 21.5 Å². The highest BCUT2D eigenvalue weighted by Crippen LogP contribution is 2.28. The number of terminal acetylenes is 1. The number of hydrogen-bond acceptors (Lipinski definition) is 2. The molecule has 0 aromatic heterocycles. The van der Waals surface area contributed by atoms with Crippen LogP contribution >= 0.6 is 27.7 Å². The van der Waals surface area contributed by atoms with E-state index < -0.39 is 0 Å². The lowest BCUT2D eigenvalue weighted by atomic mass is 10.3. The Bertz CT molecular complexity index is 344. The Morgan fingerprint density at radius 2 is 2.29 bits per heavy atom. The summed E-state index contributed by atoms with van der Waals surface area (Å²) in [5, 5.41) is 0. The van der Waals surface area contributed by atoms with Gasteiger partial charge >= 0.3 is 0 Å². The van der Waals surface area contributed by atoms with Crippen LogP contribution in [0.5, 0.6) is 0 Å². The van der Waals surface area contributed by atoms with Crippen LogP contribution in [0.3, 0.4) is 0 Å². The molecule has 74 valence electrons. The van der Waals surface area contributed by atoms with Gasteiger partial charge in [-0.25, -0.2) is 0 Å². The van der Waals surface area contributed by atoms with E-state index >= 15 is 0 Å². The second kappa shape index (κ2) is 6.00. The summed E-state index contributed by atoms with van der Waals surface area (Å²) in [5.41, 5.74) is 6.67. The minimum atomic E-state index is 0.824. The van der Waals surface area contributed by atoms with Gasteiger partial charge in [-0.2, -0.15) is 0 Å². The summed E-state index contributed by atoms with van der Waals surface area (Å²) in [6.45, 7) is 0. The monoisotopic (exact) mass is 269 g/mol. The zero-order valence-electron chi connectivity index (χ0n) is 7.79. The van der Waals surface area contributed by atoms with Crippen LogP contribution in [0.1, 0.15) is 12.8 Å². The molecule has 1 aromatic carbocycles. The van der Waals surface area contributed by atoms with E-state index in [1.54, 1.807) is 11.8 Å². The van der Waals surface area contributed by atoms with Crippen molar-refractivity contribution in [2.45, 2.75) is 17.7 Å². The van der Waals surface area contributed by atoms with Gasteiger partial charge < -0.3 is 5.73 Å². The summed E-state index contributed by atoms with van der Waals surface area (Å²) in [6, 6.07) is 5.95. The Morgan fingerprint density at radius 3 is 2.93 bits per heavy atom. The normalized spacial score (nSPS) is 9.71. The van der Waals surface area contributed by atoms with E-state index in [0.29, 0.717) is 0 Å². The zero-order chi connectivity index (χ0) is 10.4. The highest BCUT2D eigenvalue weighted by molar-refractivity contribution is 9.10. The molecule has 0 aliphatic rings. The number of benzene rings is 1. The van der Waals surface area contributed by atoms with E-state index in [0.717, 1.165) is 33.7 Å². The quantitative estimate of drug-likeness (QED) is 0.392. The third-order valence-electron chi connectivity index (χ3n) is 1.69. The van der Waals surface area contributed by atoms with Crippen molar-refractivity contribution in [2.75, 3.05) is 11.5 Å². The lowest BCUT2D eigenvalue weighted by Gasteiger charge is -2.04. The van der Waals surface area contributed by atoms with Gasteiger partial charge in [-0.1, -0.05) is 15.9 Å². The third kappa shape index (κ3) is 3.65. The van der Waals surface area contributed by atoms with Crippen molar-refractivity contribution in [1.29, 1.82) is 0 Å². The Kier molecular flexibility index (Phi) is 4.92. The molecule has 0 fully saturated rings. The second-order valence-corrected chi connectivity index (χ2v) is 4.89. The molecule has 0 amide bonds. The predicted molar refractivity (Wildman–Crippen MR) is 67.3 cm³/mol. The maximum absolute atomic E-state index is 5.84. The van der Waals surface area contributed by atoms with Crippen LogP contribution < -0.4 is 5.73 Å². The first-order chi connectivity index (χ1) is 6.74. The van der Waals surface area contributed by atoms with E-state index in [1.807, 2.05) is 18.2 Å². The molecule has 1 aromatic rings. The molecule has 0 spiro atoms. The van der Waals surface area contributed by atoms with Gasteiger partial charge in [0.25, 0.3) is 0 Å². The lowest BCUT2D eigenvalue weighted by molar-refractivity contribution is 0.997. The number of thioether (sulfide) groups is 1. The largest absolute Gasteiger partial charge is 0.398 e. The number of hydrogen-bond donors (Lipinski definition) is 1. The topological polar surface area (TPSA) is 26.0 Å². The molecule has 0 aliphatic carbocycles. The Hall–Kier alpha value is -0.590. The number of unbranched alkanes of at least 4 members (excludes halogenated alkanes) is 1. The lowest BCUT2D eigenvalue weighted by Crippen LogP contribution is -1.89. The fourth-order valence-corrected chi connectivity index (χ4v) is 2.28. The fourth-order valence-electron chi connectivity index (χ4n) is 1.01. The van der Waals surface area contributed by atoms with Gasteiger partial charge in [0.15, 0.2) is 0 Å². The summed E-state index contributed by atoms with van der Waals surface area (Å²) < 4.78 is 1.02. The van der Waals surface area contributed by atoms with Crippen LogP contribution in [0, 0.1) is 12.3 Å². The summed E-state index contributed by atoms with van der Waals surface area (Å²) in [4.78, 5) is 1.13. The Balaban J connectivity index is 2.47. The molecule has 0 bridgehead atoms. The van der Waals surface area contributed by atoms with Crippen molar-refractivity contribution in [1.82, 2.24) is 0 Å². The average Bonchev–Trinajstić information content (AvgIpc) is 2.15. The summed E-state index contributed by atoms with van der Waals surface area (Å²) >= 11 is 5.13. The van der Waals surface area contributed by atoms with E-state index in [1.165, 1.54) is 0 Å². The Labute approximate surface area is 97.6 Å². The summed E-state index contributed by atoms with van der Waals surface area (Å²) in [6.07, 6.45) is 7.04. The molecule has 0 saturated heterocycles. The molecule has 1 rings (SSSR count). The number of nitrogen functional groups attached to an aromatic ring is 1. The van der Waals surface area contributed by atoms with Crippen molar-refractivity contribution < 1.29 is 0 Å². The van der Waals surface area contributed by atoms with E-state index in [4.69, 9.17) is 12.2 Å². The third-order valence-corrected chi connectivity index (χ3v) is 3.36. The van der Waals surface area contributed by atoms with Crippen molar-refractivity contribution in [2.24, 2.45) is 0 Å². The minimum Gasteiger partial charge on any atom is -0.398 e. The first-order valence-electron chi connectivity index (χ1n) is 4.35. The van der Waals surface area contributed by atoms with Crippen molar-refractivity contribution >= 4 is 33.4 Å². The van der Waals surface area contributed by atoms with E-state index in [2.05, 4.69) is 21.9 Å². The van der Waals surface area contributed by atoms with Gasteiger partial charge in [-0.3, -0.25) is 0 Å². The number of anilines is 1. The molecule has 0 aliphatic heterocycles. The highest BCUT2D eigenvalue weighted by atomic mass is 79.9. The second-order valence-electron chi connectivity index (χ2n) is 2.84. The molecule has 0 radical (unpaired) electrons. The van der Waals surface area contributed by atoms with Gasteiger partial charge in [0.2, 0.25) is 0 Å². The van der Waals surface area contributed by atoms with Gasteiger partial charge in [-0.05, 0) is 30.4 Å². The highest BCUT2D eigenvalue weighted by Gasteiger charge is 1.99. The molecule has 3 heteroatoms. The first-order valence-corrected chi connectivity index (χ1v) is 6.13. The van der Waals surface area contributed by atoms with Crippen LogP contribution in [-0.2, 0) is 0 Å². The number of halogens is 1. The maximum Gasteiger partial charge on any atom is 0.0463 e. The van der Waals surface area contributed by atoms with Gasteiger partial charge in [0.1, 0.15) is 0 Å². The molecular weight excluding hydrogens is 258 g/mol. The standard InChI is InChI=1S/C11H12BrNS/c1-2-3-4-7-14-11-6-5-9(12)8-10(11)13/h1,5-6,8H,3-4,7,13H2. The Morgan fingerprint density at radius 1 is 1.50 bits per heavy atom. The van der Waals surface area contributed by atoms with Crippen LogP contribution in [0.2, 0.25) is 0 Å². The van der Waals surface area contributed by atoms with Gasteiger partial charge in [0.05, 0.1) is 0 Å². The minimum absolute atomic E-state index is 0.824. The maximum atomic E-state index is 5.84. The van der Waals surface area contributed by atoms with E-state index in [9.17, 15) is 0 Å². The fraction of sp³-hybridized carbons (Fsp3) is 0.273. The van der Waals surface area contributed by atoms with Gasteiger partial charge in [-0.15, -0.1) is 24.1 Å². The SMILES string of the molecule is C#CCCCSc1ccc(Br)cc1N. The molecule has 2 N–H and O–H groups in total. The van der Waals surface area contributed by atoms with Crippen LogP contribution in [0.4, 0.5) is 5.69 Å². The van der Waals surface area contributed by atoms with Crippen molar-refractivity contribution in [3.8, 4) is 12.3 Å². The smallest absolute Gasteiger partial charge is 0.0463 e. The first kappa shape index (κ1) is 11.5. The number of rotatable bonds is 4. The zero-order valence-corrected chi connectivity index (χ0v) is 10.2. The van der Waals surface area contributed by atoms with Crippen LogP contribution in [0.25, 0.3) is 0 Å². The average molecular weight is 270 g/mol. The molecule has 0 unspecified atom stereocenters. The van der Waals surface area contributed by atoms with Crippen LogP contribution in [-0.4, -0.2) is 5.75 Å². The molecule has 14 heavy (non-hydrogen) atoms. The molecule has 0 heterocycles. The number of nitrogens with two attached hydrogens (primary N) is 1. The molecule has 0 saturated carbocycles. The van der Waals surface area contributed by atoms with Crippen molar-refractivity contribution in [3.63, 3.8) is 0 Å². The predicted octanol–water partition coefficient (Wildman–Crippen LogP) is 3.54. The molecule has 1 nitrogen and oxygen atoms in total. The van der Waals surface area contributed by atoms with Crippen LogP contribution in [0.15, 0.2) is 27.6 Å². The van der Waals surface area contributed by atoms with Crippen molar-refractivity contribution in [3.05, 3.63) is 22.7 Å². The summed E-state index contributed by atoms with van der Waals surface area (Å²) in [7, 11) is 0. The molecule has 0 atom stereocenters.